The summed E-state index contributed by atoms with van der Waals surface area (Å²) in [5.41, 5.74) is 1.06. The van der Waals surface area contributed by atoms with Gasteiger partial charge in [-0.25, -0.2) is 0 Å². The lowest BCUT2D eigenvalue weighted by molar-refractivity contribution is 0.575. The normalized spacial score (nSPS) is 11.5. The zero-order valence-electron chi connectivity index (χ0n) is 6.42. The first-order chi connectivity index (χ1) is 4.61. The maximum absolute atomic E-state index is 3.66. The van der Waals surface area contributed by atoms with Gasteiger partial charge in [0.25, 0.3) is 0 Å². The zero-order valence-corrected chi connectivity index (χ0v) is 6.42. The van der Waals surface area contributed by atoms with Crippen LogP contribution in [-0.4, -0.2) is 15.4 Å². The van der Waals surface area contributed by atoms with Crippen LogP contribution in [0.3, 0.4) is 0 Å². The van der Waals surface area contributed by atoms with Crippen molar-refractivity contribution >= 4 is 0 Å². The van der Waals surface area contributed by atoms with Crippen LogP contribution in [-0.2, 0) is 5.41 Å². The third-order valence-corrected chi connectivity index (χ3v) is 1.26. The van der Waals surface area contributed by atoms with Gasteiger partial charge in [0.1, 0.15) is 6.20 Å². The molecule has 1 rings (SSSR count). The Bertz CT molecular complexity index is 200. The van der Waals surface area contributed by atoms with Gasteiger partial charge in [-0.3, -0.25) is 0 Å². The maximum atomic E-state index is 3.66. The molecule has 0 saturated heterocycles. The molecule has 1 radical (unpaired) electrons. The molecule has 53 valence electrons. The van der Waals surface area contributed by atoms with Gasteiger partial charge in [0.15, 0.2) is 0 Å². The Morgan fingerprint density at radius 1 is 1.40 bits per heavy atom. The van der Waals surface area contributed by atoms with E-state index in [1.807, 2.05) is 0 Å². The first-order valence-corrected chi connectivity index (χ1v) is 3.17. The van der Waals surface area contributed by atoms with E-state index in [9.17, 15) is 0 Å². The summed E-state index contributed by atoms with van der Waals surface area (Å²) in [6, 6.07) is 0. The van der Waals surface area contributed by atoms with Crippen LogP contribution in [0.4, 0.5) is 0 Å². The van der Waals surface area contributed by atoms with E-state index >= 15 is 0 Å². The summed E-state index contributed by atoms with van der Waals surface area (Å²) < 4.78 is 0. The lowest BCUT2D eigenvalue weighted by Crippen LogP contribution is -2.12. The first kappa shape index (κ1) is 7.12. The van der Waals surface area contributed by atoms with Gasteiger partial charge in [-0.2, -0.15) is 0 Å². The van der Waals surface area contributed by atoms with Gasteiger partial charge in [-0.15, -0.1) is 10.2 Å². The standard InChI is InChI=1S/C7H10N3/c1-7(2,3)6-4-8-10-9-5-6/h4H,1-3H3. The van der Waals surface area contributed by atoms with Crippen molar-refractivity contribution in [1.29, 1.82) is 0 Å². The van der Waals surface area contributed by atoms with Gasteiger partial charge in [-0.05, 0) is 10.6 Å². The molecule has 0 aromatic carbocycles. The summed E-state index contributed by atoms with van der Waals surface area (Å²) in [6.45, 7) is 6.26. The molecule has 1 aromatic heterocycles. The molecule has 0 unspecified atom stereocenters. The van der Waals surface area contributed by atoms with E-state index in [1.165, 1.54) is 0 Å². The SMILES string of the molecule is CC(C)(C)c1[c]nnnc1. The minimum absolute atomic E-state index is 0.0724. The highest BCUT2D eigenvalue weighted by molar-refractivity contribution is 5.11. The number of hydrogen-bond acceptors (Lipinski definition) is 3. The van der Waals surface area contributed by atoms with Gasteiger partial charge in [0.05, 0.1) is 6.20 Å². The molecular formula is C7H10N3. The minimum atomic E-state index is 0.0724. The van der Waals surface area contributed by atoms with Crippen LogP contribution in [0.5, 0.6) is 0 Å². The highest BCUT2D eigenvalue weighted by Gasteiger charge is 2.13. The molecule has 0 amide bonds. The minimum Gasteiger partial charge on any atom is -0.138 e. The van der Waals surface area contributed by atoms with Gasteiger partial charge in [0, 0.05) is 5.56 Å². The van der Waals surface area contributed by atoms with Gasteiger partial charge < -0.3 is 0 Å². The monoisotopic (exact) mass is 136 g/mol. The lowest BCUT2D eigenvalue weighted by Gasteiger charge is -2.15. The van der Waals surface area contributed by atoms with Gasteiger partial charge in [0.2, 0.25) is 0 Å². The van der Waals surface area contributed by atoms with Crippen molar-refractivity contribution in [2.75, 3.05) is 0 Å². The second-order valence-corrected chi connectivity index (χ2v) is 3.21. The fourth-order valence-corrected chi connectivity index (χ4v) is 0.576. The molecule has 0 aliphatic heterocycles. The largest absolute Gasteiger partial charge is 0.138 e. The van der Waals surface area contributed by atoms with E-state index in [0.717, 1.165) is 5.56 Å². The summed E-state index contributed by atoms with van der Waals surface area (Å²) in [7, 11) is 0. The van der Waals surface area contributed by atoms with E-state index < -0.39 is 0 Å². The fraction of sp³-hybridized carbons (Fsp3) is 0.571. The third-order valence-electron chi connectivity index (χ3n) is 1.26. The topological polar surface area (TPSA) is 38.7 Å². The van der Waals surface area contributed by atoms with Crippen LogP contribution in [0.25, 0.3) is 0 Å². The predicted molar refractivity (Wildman–Crippen MR) is 37.4 cm³/mol. The molecule has 0 aliphatic rings. The smallest absolute Gasteiger partial charge is 0.121 e. The highest BCUT2D eigenvalue weighted by atomic mass is 15.3. The lowest BCUT2D eigenvalue weighted by atomic mass is 9.90. The number of rotatable bonds is 0. The van der Waals surface area contributed by atoms with Crippen molar-refractivity contribution < 1.29 is 0 Å². The molecule has 1 heterocycles. The van der Waals surface area contributed by atoms with Crippen LogP contribution < -0.4 is 0 Å². The highest BCUT2D eigenvalue weighted by Crippen LogP contribution is 2.18. The van der Waals surface area contributed by atoms with Crippen LogP contribution >= 0.6 is 0 Å². The van der Waals surface area contributed by atoms with Crippen molar-refractivity contribution in [1.82, 2.24) is 15.4 Å². The Morgan fingerprint density at radius 2 is 2.10 bits per heavy atom. The molecular weight excluding hydrogens is 126 g/mol. The summed E-state index contributed by atoms with van der Waals surface area (Å²) in [4.78, 5) is 0. The van der Waals surface area contributed by atoms with E-state index in [1.54, 1.807) is 6.20 Å². The molecule has 0 atom stereocenters. The Morgan fingerprint density at radius 3 is 2.40 bits per heavy atom. The Balaban J connectivity index is 2.97. The van der Waals surface area contributed by atoms with Crippen LogP contribution in [0, 0.1) is 6.20 Å². The van der Waals surface area contributed by atoms with Gasteiger partial charge >= 0.3 is 0 Å². The Labute approximate surface area is 60.5 Å². The molecule has 0 fully saturated rings. The first-order valence-electron chi connectivity index (χ1n) is 3.17. The average molecular weight is 136 g/mol. The predicted octanol–water partition coefficient (Wildman–Crippen LogP) is 0.969. The van der Waals surface area contributed by atoms with E-state index in [2.05, 4.69) is 42.4 Å². The van der Waals surface area contributed by atoms with E-state index in [0.29, 0.717) is 0 Å². The number of aromatic nitrogens is 3. The summed E-state index contributed by atoms with van der Waals surface area (Å²) in [5, 5.41) is 10.6. The second-order valence-electron chi connectivity index (χ2n) is 3.21. The van der Waals surface area contributed by atoms with Gasteiger partial charge in [-0.1, -0.05) is 20.8 Å². The van der Waals surface area contributed by atoms with Crippen molar-refractivity contribution in [3.05, 3.63) is 18.0 Å². The molecule has 0 saturated carbocycles. The van der Waals surface area contributed by atoms with Crippen molar-refractivity contribution in [2.45, 2.75) is 26.2 Å². The molecule has 1 aromatic rings. The summed E-state index contributed by atoms with van der Waals surface area (Å²) in [6.07, 6.45) is 4.47. The fourth-order valence-electron chi connectivity index (χ4n) is 0.576. The van der Waals surface area contributed by atoms with Crippen LogP contribution in [0.2, 0.25) is 0 Å². The van der Waals surface area contributed by atoms with Crippen LogP contribution in [0.1, 0.15) is 26.3 Å². The van der Waals surface area contributed by atoms with Crippen molar-refractivity contribution in [3.63, 3.8) is 0 Å². The molecule has 0 bridgehead atoms. The quantitative estimate of drug-likeness (QED) is 0.533. The number of nitrogens with zero attached hydrogens (tertiary/aromatic N) is 3. The van der Waals surface area contributed by atoms with E-state index in [-0.39, 0.29) is 5.41 Å². The van der Waals surface area contributed by atoms with Crippen molar-refractivity contribution in [2.24, 2.45) is 0 Å². The molecule has 3 nitrogen and oxygen atoms in total. The maximum Gasteiger partial charge on any atom is 0.121 e. The van der Waals surface area contributed by atoms with Crippen molar-refractivity contribution in [3.8, 4) is 0 Å². The van der Waals surface area contributed by atoms with E-state index in [4.69, 9.17) is 0 Å². The molecule has 0 aliphatic carbocycles. The number of hydrogen-bond donors (Lipinski definition) is 0. The average Bonchev–Trinajstić information content (AvgIpc) is 1.88. The summed E-state index contributed by atoms with van der Waals surface area (Å²) in [5.74, 6) is 0. The zero-order chi connectivity index (χ0) is 7.61. The third kappa shape index (κ3) is 1.50. The Kier molecular flexibility index (Phi) is 1.66. The molecule has 3 heteroatoms. The molecule has 10 heavy (non-hydrogen) atoms. The summed E-state index contributed by atoms with van der Waals surface area (Å²) >= 11 is 0. The Hall–Kier alpha value is -0.990. The molecule has 0 N–H and O–H groups in total. The molecule has 0 spiro atoms. The second kappa shape index (κ2) is 2.33. The van der Waals surface area contributed by atoms with Crippen LogP contribution in [0.15, 0.2) is 6.20 Å².